The molecule has 82 valence electrons. The van der Waals surface area contributed by atoms with Crippen LogP contribution >= 0.6 is 0 Å². The lowest BCUT2D eigenvalue weighted by molar-refractivity contribution is -0.129. The number of rotatable bonds is 4. The zero-order chi connectivity index (χ0) is 11.3. The fourth-order valence-electron chi connectivity index (χ4n) is 0.984. The van der Waals surface area contributed by atoms with E-state index in [9.17, 15) is 14.7 Å². The molecule has 14 heavy (non-hydrogen) atoms. The monoisotopic (exact) mass is 202 g/mol. The van der Waals surface area contributed by atoms with Crippen molar-refractivity contribution in [2.24, 2.45) is 0 Å². The maximum atomic E-state index is 10.9. The second kappa shape index (κ2) is 5.59. The predicted molar refractivity (Wildman–Crippen MR) is 52.6 cm³/mol. The molecule has 0 saturated heterocycles. The van der Waals surface area contributed by atoms with E-state index in [-0.39, 0.29) is 24.4 Å². The molecule has 0 aromatic rings. The molecule has 0 aliphatic rings. The topological polar surface area (TPSA) is 69.6 Å². The number of likely N-dealkylation sites (N-methyl/N-ethyl adjacent to an activating group) is 1. The molecular formula is C9H18N2O3. The van der Waals surface area contributed by atoms with E-state index in [0.717, 1.165) is 0 Å². The summed E-state index contributed by atoms with van der Waals surface area (Å²) < 4.78 is 0. The molecule has 2 unspecified atom stereocenters. The van der Waals surface area contributed by atoms with Crippen molar-refractivity contribution in [3.05, 3.63) is 0 Å². The minimum atomic E-state index is -0.743. The van der Waals surface area contributed by atoms with Gasteiger partial charge in [0, 0.05) is 27.4 Å². The van der Waals surface area contributed by atoms with Gasteiger partial charge >= 0.3 is 0 Å². The summed E-state index contributed by atoms with van der Waals surface area (Å²) >= 11 is 0. The van der Waals surface area contributed by atoms with Gasteiger partial charge < -0.3 is 15.3 Å². The molecule has 0 bridgehead atoms. The molecule has 2 N–H and O–H groups in total. The first-order valence-corrected chi connectivity index (χ1v) is 4.51. The molecule has 2 amide bonds. The van der Waals surface area contributed by atoms with Crippen LogP contribution in [0.3, 0.4) is 0 Å². The number of aliphatic hydroxyl groups excluding tert-OH is 1. The predicted octanol–water partition coefficient (Wildman–Crippen LogP) is -0.650. The van der Waals surface area contributed by atoms with E-state index in [2.05, 4.69) is 5.32 Å². The Morgan fingerprint density at radius 2 is 1.93 bits per heavy atom. The first-order valence-electron chi connectivity index (χ1n) is 4.51. The van der Waals surface area contributed by atoms with Gasteiger partial charge in [-0.2, -0.15) is 0 Å². The summed E-state index contributed by atoms with van der Waals surface area (Å²) in [6.07, 6.45) is -0.743. The van der Waals surface area contributed by atoms with Crippen LogP contribution in [0.4, 0.5) is 0 Å². The summed E-state index contributed by atoms with van der Waals surface area (Å²) in [6, 6.07) is -0.353. The number of nitrogens with zero attached hydrogens (tertiary/aromatic N) is 1. The highest BCUT2D eigenvalue weighted by molar-refractivity contribution is 5.73. The van der Waals surface area contributed by atoms with Gasteiger partial charge in [-0.05, 0) is 6.92 Å². The van der Waals surface area contributed by atoms with Gasteiger partial charge in [-0.15, -0.1) is 0 Å². The number of nitrogens with one attached hydrogen (secondary N) is 1. The fraction of sp³-hybridized carbons (Fsp3) is 0.778. The van der Waals surface area contributed by atoms with Gasteiger partial charge in [0.1, 0.15) is 0 Å². The van der Waals surface area contributed by atoms with Gasteiger partial charge in [0.25, 0.3) is 0 Å². The van der Waals surface area contributed by atoms with E-state index < -0.39 is 6.10 Å². The fourth-order valence-corrected chi connectivity index (χ4v) is 0.984. The Morgan fingerprint density at radius 1 is 1.43 bits per heavy atom. The standard InChI is InChI=1S/C9H18N2O3/c1-6(10-7(2)12)9(14)5-11(4)8(3)13/h6,9,14H,5H2,1-4H3,(H,10,12). The Hall–Kier alpha value is -1.10. The summed E-state index contributed by atoms with van der Waals surface area (Å²) in [6.45, 7) is 4.73. The zero-order valence-corrected chi connectivity index (χ0v) is 9.07. The SMILES string of the molecule is CC(=O)NC(C)C(O)CN(C)C(C)=O. The molecule has 0 aliphatic heterocycles. The van der Waals surface area contributed by atoms with Gasteiger partial charge in [-0.1, -0.05) is 0 Å². The highest BCUT2D eigenvalue weighted by atomic mass is 16.3. The molecular weight excluding hydrogens is 184 g/mol. The Kier molecular flexibility index (Phi) is 5.15. The largest absolute Gasteiger partial charge is 0.389 e. The van der Waals surface area contributed by atoms with Gasteiger partial charge in [0.15, 0.2) is 0 Å². The second-order valence-electron chi connectivity index (χ2n) is 3.46. The lowest BCUT2D eigenvalue weighted by Crippen LogP contribution is -2.46. The summed E-state index contributed by atoms with van der Waals surface area (Å²) in [4.78, 5) is 22.9. The lowest BCUT2D eigenvalue weighted by atomic mass is 10.2. The summed E-state index contributed by atoms with van der Waals surface area (Å²) in [5, 5.41) is 12.1. The highest BCUT2D eigenvalue weighted by Gasteiger charge is 2.17. The molecule has 5 nitrogen and oxygen atoms in total. The summed E-state index contributed by atoms with van der Waals surface area (Å²) in [5.41, 5.74) is 0. The molecule has 0 heterocycles. The summed E-state index contributed by atoms with van der Waals surface area (Å²) in [5.74, 6) is -0.305. The average Bonchev–Trinajstić information content (AvgIpc) is 2.02. The molecule has 5 heteroatoms. The van der Waals surface area contributed by atoms with Gasteiger partial charge in [-0.3, -0.25) is 9.59 Å². The van der Waals surface area contributed by atoms with Crippen LogP contribution in [-0.2, 0) is 9.59 Å². The van der Waals surface area contributed by atoms with Crippen molar-refractivity contribution < 1.29 is 14.7 Å². The first kappa shape index (κ1) is 12.9. The van der Waals surface area contributed by atoms with Crippen LogP contribution in [0.25, 0.3) is 0 Å². The molecule has 0 aromatic heterocycles. The van der Waals surface area contributed by atoms with Gasteiger partial charge in [0.2, 0.25) is 11.8 Å². The number of carbonyl (C=O) groups is 2. The van der Waals surface area contributed by atoms with E-state index >= 15 is 0 Å². The summed E-state index contributed by atoms with van der Waals surface area (Å²) in [7, 11) is 1.60. The number of carbonyl (C=O) groups excluding carboxylic acids is 2. The van der Waals surface area contributed by atoms with Crippen molar-refractivity contribution in [3.63, 3.8) is 0 Å². The number of amides is 2. The van der Waals surface area contributed by atoms with Crippen molar-refractivity contribution in [3.8, 4) is 0 Å². The van der Waals surface area contributed by atoms with Crippen LogP contribution in [-0.4, -0.2) is 47.6 Å². The Balaban J connectivity index is 4.00. The maximum absolute atomic E-state index is 10.9. The first-order chi connectivity index (χ1) is 6.34. The molecule has 0 aromatic carbocycles. The van der Waals surface area contributed by atoms with Crippen LogP contribution in [0.5, 0.6) is 0 Å². The Labute approximate surface area is 84.1 Å². The third kappa shape index (κ3) is 4.81. The third-order valence-corrected chi connectivity index (χ3v) is 2.01. The smallest absolute Gasteiger partial charge is 0.219 e. The number of hydrogen-bond acceptors (Lipinski definition) is 3. The third-order valence-electron chi connectivity index (χ3n) is 2.01. The van der Waals surface area contributed by atoms with Crippen molar-refractivity contribution >= 4 is 11.8 Å². The highest BCUT2D eigenvalue weighted by Crippen LogP contribution is 1.96. The molecule has 0 saturated carbocycles. The number of aliphatic hydroxyl groups is 1. The van der Waals surface area contributed by atoms with Crippen LogP contribution in [0, 0.1) is 0 Å². The van der Waals surface area contributed by atoms with Crippen LogP contribution in [0.2, 0.25) is 0 Å². The molecule has 0 fully saturated rings. The molecule has 0 radical (unpaired) electrons. The van der Waals surface area contributed by atoms with Crippen LogP contribution in [0.1, 0.15) is 20.8 Å². The van der Waals surface area contributed by atoms with Crippen molar-refractivity contribution in [1.29, 1.82) is 0 Å². The normalized spacial score (nSPS) is 14.4. The van der Waals surface area contributed by atoms with Crippen molar-refractivity contribution in [1.82, 2.24) is 10.2 Å². The molecule has 2 atom stereocenters. The van der Waals surface area contributed by atoms with Gasteiger partial charge in [0.05, 0.1) is 12.1 Å². The zero-order valence-electron chi connectivity index (χ0n) is 9.07. The number of hydrogen-bond donors (Lipinski definition) is 2. The minimum absolute atomic E-state index is 0.112. The molecule has 0 aliphatic carbocycles. The minimum Gasteiger partial charge on any atom is -0.389 e. The second-order valence-corrected chi connectivity index (χ2v) is 3.46. The van der Waals surface area contributed by atoms with Crippen molar-refractivity contribution in [2.75, 3.05) is 13.6 Å². The van der Waals surface area contributed by atoms with Crippen LogP contribution in [0.15, 0.2) is 0 Å². The van der Waals surface area contributed by atoms with Gasteiger partial charge in [-0.25, -0.2) is 0 Å². The molecule has 0 rings (SSSR count). The molecule has 0 spiro atoms. The van der Waals surface area contributed by atoms with E-state index in [1.165, 1.54) is 18.7 Å². The Bertz CT molecular complexity index is 218. The van der Waals surface area contributed by atoms with Crippen molar-refractivity contribution in [2.45, 2.75) is 32.9 Å². The van der Waals surface area contributed by atoms with E-state index in [1.54, 1.807) is 14.0 Å². The van der Waals surface area contributed by atoms with E-state index in [0.29, 0.717) is 0 Å². The van der Waals surface area contributed by atoms with E-state index in [4.69, 9.17) is 0 Å². The maximum Gasteiger partial charge on any atom is 0.219 e. The average molecular weight is 202 g/mol. The van der Waals surface area contributed by atoms with Crippen LogP contribution < -0.4 is 5.32 Å². The van der Waals surface area contributed by atoms with E-state index in [1.807, 2.05) is 0 Å². The lowest BCUT2D eigenvalue weighted by Gasteiger charge is -2.24. The Morgan fingerprint density at radius 3 is 2.29 bits per heavy atom. The quantitative estimate of drug-likeness (QED) is 0.636.